The molecule has 18 heavy (non-hydrogen) atoms. The van der Waals surface area contributed by atoms with Gasteiger partial charge in [0.05, 0.1) is 12.5 Å². The Labute approximate surface area is 104 Å². The Kier molecular flexibility index (Phi) is 3.85. The fraction of sp³-hybridized carbons (Fsp3) is 0.273. The summed E-state index contributed by atoms with van der Waals surface area (Å²) in [7, 11) is 0. The summed E-state index contributed by atoms with van der Waals surface area (Å²) in [6.45, 7) is 1.44. The molecule has 2 aromatic heterocycles. The van der Waals surface area contributed by atoms with Crippen molar-refractivity contribution >= 4 is 11.8 Å². The molecule has 0 radical (unpaired) electrons. The van der Waals surface area contributed by atoms with E-state index >= 15 is 0 Å². The van der Waals surface area contributed by atoms with Gasteiger partial charge in [0.25, 0.3) is 0 Å². The number of hydrogen-bond acceptors (Lipinski definition) is 5. The Balaban J connectivity index is 1.85. The molecule has 7 nitrogen and oxygen atoms in total. The SMILES string of the molecule is O=C(O)c1ccnnc1NCCCn1ccnc1. The van der Waals surface area contributed by atoms with Crippen LogP contribution < -0.4 is 5.32 Å². The number of carboxylic acids is 1. The second-order valence-electron chi connectivity index (χ2n) is 3.68. The molecule has 0 saturated heterocycles. The van der Waals surface area contributed by atoms with Crippen molar-refractivity contribution in [1.29, 1.82) is 0 Å². The lowest BCUT2D eigenvalue weighted by molar-refractivity contribution is 0.0697. The minimum atomic E-state index is -1.01. The van der Waals surface area contributed by atoms with Crippen LogP contribution in [0.4, 0.5) is 5.82 Å². The lowest BCUT2D eigenvalue weighted by Crippen LogP contribution is -2.11. The first-order chi connectivity index (χ1) is 8.77. The molecule has 0 fully saturated rings. The number of nitrogens with zero attached hydrogens (tertiary/aromatic N) is 4. The third-order valence-corrected chi connectivity index (χ3v) is 2.40. The van der Waals surface area contributed by atoms with Gasteiger partial charge >= 0.3 is 5.97 Å². The molecule has 0 amide bonds. The zero-order valence-electron chi connectivity index (χ0n) is 9.65. The topological polar surface area (TPSA) is 92.9 Å². The van der Waals surface area contributed by atoms with Crippen molar-refractivity contribution < 1.29 is 9.90 Å². The zero-order chi connectivity index (χ0) is 12.8. The maximum atomic E-state index is 10.9. The van der Waals surface area contributed by atoms with E-state index < -0.39 is 5.97 Å². The Bertz CT molecular complexity index is 512. The molecule has 2 rings (SSSR count). The summed E-state index contributed by atoms with van der Waals surface area (Å²) in [5.41, 5.74) is 0.132. The zero-order valence-corrected chi connectivity index (χ0v) is 9.65. The van der Waals surface area contributed by atoms with Gasteiger partial charge in [0.1, 0.15) is 5.56 Å². The second kappa shape index (κ2) is 5.76. The predicted molar refractivity (Wildman–Crippen MR) is 64.3 cm³/mol. The number of nitrogens with one attached hydrogen (secondary N) is 1. The van der Waals surface area contributed by atoms with Crippen LogP contribution >= 0.6 is 0 Å². The number of anilines is 1. The van der Waals surface area contributed by atoms with Crippen LogP contribution in [0.3, 0.4) is 0 Å². The van der Waals surface area contributed by atoms with E-state index in [0.717, 1.165) is 13.0 Å². The highest BCUT2D eigenvalue weighted by Crippen LogP contribution is 2.09. The molecule has 0 aliphatic rings. The second-order valence-corrected chi connectivity index (χ2v) is 3.68. The van der Waals surface area contributed by atoms with Crippen molar-refractivity contribution in [2.45, 2.75) is 13.0 Å². The fourth-order valence-corrected chi connectivity index (χ4v) is 1.52. The summed E-state index contributed by atoms with van der Waals surface area (Å²) in [4.78, 5) is 14.9. The fourth-order valence-electron chi connectivity index (χ4n) is 1.52. The van der Waals surface area contributed by atoms with Crippen LogP contribution in [0.15, 0.2) is 31.0 Å². The summed E-state index contributed by atoms with van der Waals surface area (Å²) < 4.78 is 1.95. The van der Waals surface area contributed by atoms with Crippen LogP contribution in [-0.2, 0) is 6.54 Å². The van der Waals surface area contributed by atoms with Gasteiger partial charge in [0.15, 0.2) is 5.82 Å². The molecule has 0 atom stereocenters. The van der Waals surface area contributed by atoms with Crippen LogP contribution in [0.25, 0.3) is 0 Å². The number of aryl methyl sites for hydroxylation is 1. The summed E-state index contributed by atoms with van der Waals surface area (Å²) >= 11 is 0. The van der Waals surface area contributed by atoms with E-state index in [1.54, 1.807) is 12.5 Å². The van der Waals surface area contributed by atoms with Crippen LogP contribution in [0, 0.1) is 0 Å². The van der Waals surface area contributed by atoms with Gasteiger partial charge in [-0.3, -0.25) is 0 Å². The van der Waals surface area contributed by atoms with Gasteiger partial charge in [-0.25, -0.2) is 9.78 Å². The van der Waals surface area contributed by atoms with E-state index in [1.807, 2.05) is 10.8 Å². The Hall–Kier alpha value is -2.44. The largest absolute Gasteiger partial charge is 0.478 e. The van der Waals surface area contributed by atoms with Gasteiger partial charge in [0, 0.05) is 25.5 Å². The van der Waals surface area contributed by atoms with Gasteiger partial charge in [0.2, 0.25) is 0 Å². The highest BCUT2D eigenvalue weighted by atomic mass is 16.4. The van der Waals surface area contributed by atoms with Gasteiger partial charge in [-0.2, -0.15) is 5.10 Å². The molecular formula is C11H13N5O2. The summed E-state index contributed by atoms with van der Waals surface area (Å²) in [6.07, 6.45) is 7.54. The molecule has 0 unspecified atom stereocenters. The Morgan fingerprint density at radius 2 is 2.33 bits per heavy atom. The van der Waals surface area contributed by atoms with Crippen LogP contribution in [0.2, 0.25) is 0 Å². The first kappa shape index (κ1) is 12.0. The molecule has 2 heterocycles. The van der Waals surface area contributed by atoms with Gasteiger partial charge in [-0.05, 0) is 12.5 Å². The standard InChI is InChI=1S/C11H13N5O2/c17-11(18)9-2-4-14-15-10(9)13-3-1-6-16-7-5-12-8-16/h2,4-5,7-8H,1,3,6H2,(H,13,15)(H,17,18). The van der Waals surface area contributed by atoms with Gasteiger partial charge < -0.3 is 15.0 Å². The van der Waals surface area contributed by atoms with Crippen LogP contribution in [0.5, 0.6) is 0 Å². The normalized spacial score (nSPS) is 10.2. The lowest BCUT2D eigenvalue weighted by Gasteiger charge is -2.07. The molecule has 2 N–H and O–H groups in total. The Morgan fingerprint density at radius 3 is 3.06 bits per heavy atom. The van der Waals surface area contributed by atoms with Gasteiger partial charge in [-0.1, -0.05) is 0 Å². The van der Waals surface area contributed by atoms with Crippen molar-refractivity contribution in [3.8, 4) is 0 Å². The smallest absolute Gasteiger partial charge is 0.339 e. The molecule has 7 heteroatoms. The van der Waals surface area contributed by atoms with Crippen molar-refractivity contribution in [1.82, 2.24) is 19.7 Å². The monoisotopic (exact) mass is 247 g/mol. The third kappa shape index (κ3) is 3.03. The van der Waals surface area contributed by atoms with E-state index in [1.165, 1.54) is 12.3 Å². The molecule has 0 bridgehead atoms. The molecule has 2 aromatic rings. The number of carbonyl (C=O) groups is 1. The molecule has 94 valence electrons. The summed E-state index contributed by atoms with van der Waals surface area (Å²) in [6, 6.07) is 1.42. The van der Waals surface area contributed by atoms with Crippen LogP contribution in [-0.4, -0.2) is 37.4 Å². The van der Waals surface area contributed by atoms with Crippen molar-refractivity contribution in [2.75, 3.05) is 11.9 Å². The highest BCUT2D eigenvalue weighted by molar-refractivity contribution is 5.92. The molecule has 0 aromatic carbocycles. The van der Waals surface area contributed by atoms with E-state index in [2.05, 4.69) is 20.5 Å². The number of imidazole rings is 1. The number of carboxylic acid groups (broad SMARTS) is 1. The van der Waals surface area contributed by atoms with E-state index in [4.69, 9.17) is 5.11 Å². The number of aromatic nitrogens is 4. The first-order valence-corrected chi connectivity index (χ1v) is 5.52. The minimum absolute atomic E-state index is 0.132. The molecule has 0 saturated carbocycles. The Morgan fingerprint density at radius 1 is 1.44 bits per heavy atom. The van der Waals surface area contributed by atoms with Crippen LogP contribution in [0.1, 0.15) is 16.8 Å². The molecule has 0 aliphatic heterocycles. The number of hydrogen-bond donors (Lipinski definition) is 2. The minimum Gasteiger partial charge on any atom is -0.478 e. The summed E-state index contributed by atoms with van der Waals surface area (Å²) in [5.74, 6) is -0.711. The van der Waals surface area contributed by atoms with E-state index in [0.29, 0.717) is 12.4 Å². The maximum absolute atomic E-state index is 10.9. The highest BCUT2D eigenvalue weighted by Gasteiger charge is 2.10. The molecule has 0 aliphatic carbocycles. The molecular weight excluding hydrogens is 234 g/mol. The van der Waals surface area contributed by atoms with Crippen molar-refractivity contribution in [2.24, 2.45) is 0 Å². The number of aromatic carboxylic acids is 1. The van der Waals surface area contributed by atoms with E-state index in [-0.39, 0.29) is 5.56 Å². The lowest BCUT2D eigenvalue weighted by atomic mass is 10.3. The van der Waals surface area contributed by atoms with Crippen molar-refractivity contribution in [3.63, 3.8) is 0 Å². The summed E-state index contributed by atoms with van der Waals surface area (Å²) in [5, 5.41) is 19.4. The quantitative estimate of drug-likeness (QED) is 0.736. The third-order valence-electron chi connectivity index (χ3n) is 2.40. The molecule has 0 spiro atoms. The predicted octanol–water partition coefficient (Wildman–Crippen LogP) is 0.873. The van der Waals surface area contributed by atoms with Gasteiger partial charge in [-0.15, -0.1) is 5.10 Å². The average molecular weight is 247 g/mol. The average Bonchev–Trinajstić information content (AvgIpc) is 2.88. The van der Waals surface area contributed by atoms with Crippen molar-refractivity contribution in [3.05, 3.63) is 36.5 Å². The van der Waals surface area contributed by atoms with E-state index in [9.17, 15) is 4.79 Å². The number of rotatable bonds is 6. The first-order valence-electron chi connectivity index (χ1n) is 5.52. The maximum Gasteiger partial charge on any atom is 0.339 e.